The third-order valence-corrected chi connectivity index (χ3v) is 7.69. The zero-order valence-corrected chi connectivity index (χ0v) is 20.3. The molecule has 1 saturated heterocycles. The predicted octanol–water partition coefficient (Wildman–Crippen LogP) is 6.03. The number of oxime groups is 1. The molecule has 2 aromatic rings. The average molecular weight is 567 g/mol. The molecule has 1 atom stereocenters. The summed E-state index contributed by atoms with van der Waals surface area (Å²) in [6.07, 6.45) is -9.45. The van der Waals surface area contributed by atoms with Crippen molar-refractivity contribution in [2.45, 2.75) is 42.8 Å². The summed E-state index contributed by atoms with van der Waals surface area (Å²) in [6, 6.07) is 6.84. The molecule has 5 nitrogen and oxygen atoms in total. The highest BCUT2D eigenvalue weighted by molar-refractivity contribution is 6.42. The van der Waals surface area contributed by atoms with Crippen LogP contribution in [0.5, 0.6) is 0 Å². The number of likely N-dealkylation sites (tertiary alicyclic amines) is 1. The summed E-state index contributed by atoms with van der Waals surface area (Å²) in [5, 5.41) is 12.8. The van der Waals surface area contributed by atoms with Crippen LogP contribution in [0.15, 0.2) is 41.6 Å². The third-order valence-electron chi connectivity index (χ3n) is 6.88. The highest BCUT2D eigenvalue weighted by Gasteiger charge is 2.63. The summed E-state index contributed by atoms with van der Waals surface area (Å²) in [5.74, 6) is 0.0159. The average Bonchev–Trinajstić information content (AvgIpc) is 3.54. The number of halogens is 8. The number of nitrogens with zero attached hydrogens (tertiary/aromatic N) is 2. The Bertz CT molecular complexity index is 1290. The SMILES string of the molecule is O=C(C1CC1)N1CC(O)(c2ccc(C3=NOC(c4cc(Cl)c(Cl)c(C(F)(F)F)c4)(C(F)(F)F)C3)cc2)C1. The number of carbonyl (C=O) groups excluding carboxylic acids is 1. The molecule has 0 bridgehead atoms. The Morgan fingerprint density at radius 3 is 2.19 bits per heavy atom. The van der Waals surface area contributed by atoms with E-state index in [9.17, 15) is 36.2 Å². The van der Waals surface area contributed by atoms with Crippen molar-refractivity contribution in [3.63, 3.8) is 0 Å². The molecule has 1 unspecified atom stereocenters. The van der Waals surface area contributed by atoms with Crippen molar-refractivity contribution >= 4 is 34.8 Å². The molecule has 2 heterocycles. The van der Waals surface area contributed by atoms with Gasteiger partial charge in [0.05, 0.1) is 34.4 Å². The molecule has 5 rings (SSSR count). The first-order chi connectivity index (χ1) is 17.1. The number of carbonyl (C=O) groups is 1. The molecule has 1 amide bonds. The second-order valence-corrected chi connectivity index (χ2v) is 10.3. The smallest absolute Gasteiger partial charge is 0.381 e. The summed E-state index contributed by atoms with van der Waals surface area (Å²) >= 11 is 11.4. The lowest BCUT2D eigenvalue weighted by molar-refractivity contribution is -0.276. The van der Waals surface area contributed by atoms with Gasteiger partial charge in [-0.05, 0) is 36.1 Å². The summed E-state index contributed by atoms with van der Waals surface area (Å²) < 4.78 is 83.0. The van der Waals surface area contributed by atoms with E-state index in [1.807, 2.05) is 0 Å². The lowest BCUT2D eigenvalue weighted by Crippen LogP contribution is -2.61. The molecule has 0 spiro atoms. The number of benzene rings is 2. The maximum atomic E-state index is 14.3. The van der Waals surface area contributed by atoms with Crippen molar-refractivity contribution in [3.8, 4) is 0 Å². The Kier molecular flexibility index (Phi) is 6.00. The number of hydrogen-bond donors (Lipinski definition) is 1. The summed E-state index contributed by atoms with van der Waals surface area (Å²) in [4.78, 5) is 18.5. The normalized spacial score (nSPS) is 23.4. The summed E-state index contributed by atoms with van der Waals surface area (Å²) in [6.45, 7) is 0.226. The molecule has 2 aromatic carbocycles. The third kappa shape index (κ3) is 4.44. The maximum absolute atomic E-state index is 14.3. The highest BCUT2D eigenvalue weighted by atomic mass is 35.5. The molecule has 13 heteroatoms. The Labute approximate surface area is 216 Å². The molecule has 0 aromatic heterocycles. The van der Waals surface area contributed by atoms with Crippen LogP contribution in [-0.4, -0.2) is 40.9 Å². The molecule has 0 radical (unpaired) electrons. The number of rotatable bonds is 4. The van der Waals surface area contributed by atoms with E-state index in [-0.39, 0.29) is 42.3 Å². The van der Waals surface area contributed by atoms with E-state index in [1.54, 1.807) is 4.90 Å². The van der Waals surface area contributed by atoms with Crippen LogP contribution in [0, 0.1) is 5.92 Å². The van der Waals surface area contributed by atoms with Gasteiger partial charge >= 0.3 is 12.4 Å². The quantitative estimate of drug-likeness (QED) is 0.459. The van der Waals surface area contributed by atoms with Crippen LogP contribution in [0.25, 0.3) is 0 Å². The Balaban J connectivity index is 1.39. The molecule has 1 saturated carbocycles. The summed E-state index contributed by atoms with van der Waals surface area (Å²) in [7, 11) is 0. The molecular weight excluding hydrogens is 549 g/mol. The van der Waals surface area contributed by atoms with Gasteiger partial charge in [-0.3, -0.25) is 4.79 Å². The molecule has 3 aliphatic rings. The lowest BCUT2D eigenvalue weighted by Gasteiger charge is -2.47. The molecule has 2 fully saturated rings. The minimum absolute atomic E-state index is 0.00164. The van der Waals surface area contributed by atoms with E-state index in [2.05, 4.69) is 5.16 Å². The van der Waals surface area contributed by atoms with E-state index in [4.69, 9.17) is 28.0 Å². The molecule has 198 valence electrons. The standard InChI is InChI=1S/C24H18Cl2F6N2O3/c25-17-8-15(7-16(19(17)26)23(27,28)29)22(24(30,31)32)9-18(33-37-22)12-3-5-14(6-4-12)21(36)10-34(11-21)20(35)13-1-2-13/h3-8,13,36H,1-2,9-11H2. The van der Waals surface area contributed by atoms with Crippen LogP contribution >= 0.6 is 23.2 Å². The van der Waals surface area contributed by atoms with Crippen molar-refractivity contribution in [2.75, 3.05) is 13.1 Å². The van der Waals surface area contributed by atoms with E-state index < -0.39 is 51.1 Å². The minimum Gasteiger partial charge on any atom is -0.381 e. The first-order valence-corrected chi connectivity index (χ1v) is 11.9. The fraction of sp³-hybridized carbons (Fsp3) is 0.417. The number of β-amino-alcohol motifs (C(OH)–C–C–N with tert-alkyl or cyclic N) is 1. The molecule has 1 aliphatic carbocycles. The second-order valence-electron chi connectivity index (χ2n) is 9.53. The van der Waals surface area contributed by atoms with Crippen molar-refractivity contribution in [2.24, 2.45) is 11.1 Å². The fourth-order valence-electron chi connectivity index (χ4n) is 4.57. The molecular formula is C24H18Cl2F6N2O3. The van der Waals surface area contributed by atoms with Crippen molar-refractivity contribution in [3.05, 3.63) is 68.7 Å². The summed E-state index contributed by atoms with van der Waals surface area (Å²) in [5.41, 5.74) is -6.37. The van der Waals surface area contributed by atoms with Crippen molar-refractivity contribution in [1.29, 1.82) is 0 Å². The second kappa shape index (κ2) is 8.51. The van der Waals surface area contributed by atoms with Gasteiger partial charge in [0.15, 0.2) is 0 Å². The van der Waals surface area contributed by atoms with Crippen LogP contribution in [-0.2, 0) is 27.0 Å². The van der Waals surface area contributed by atoms with Crippen LogP contribution in [0.1, 0.15) is 41.5 Å². The Morgan fingerprint density at radius 2 is 1.65 bits per heavy atom. The van der Waals surface area contributed by atoms with Gasteiger partial charge < -0.3 is 14.8 Å². The fourth-order valence-corrected chi connectivity index (χ4v) is 5.01. The van der Waals surface area contributed by atoms with Gasteiger partial charge in [-0.15, -0.1) is 0 Å². The zero-order valence-electron chi connectivity index (χ0n) is 18.8. The predicted molar refractivity (Wildman–Crippen MR) is 121 cm³/mol. The van der Waals surface area contributed by atoms with E-state index in [0.717, 1.165) is 12.8 Å². The maximum Gasteiger partial charge on any atom is 0.435 e. The van der Waals surface area contributed by atoms with Crippen LogP contribution < -0.4 is 0 Å². The Hall–Kier alpha value is -2.50. The monoisotopic (exact) mass is 566 g/mol. The molecule has 1 N–H and O–H groups in total. The largest absolute Gasteiger partial charge is 0.435 e. The lowest BCUT2D eigenvalue weighted by atomic mass is 9.83. The first kappa shape index (κ1) is 26.1. The van der Waals surface area contributed by atoms with Gasteiger partial charge in [0.25, 0.3) is 5.60 Å². The van der Waals surface area contributed by atoms with Gasteiger partial charge in [-0.1, -0.05) is 52.6 Å². The van der Waals surface area contributed by atoms with Crippen LogP contribution in [0.2, 0.25) is 10.0 Å². The number of alkyl halides is 6. The van der Waals surface area contributed by atoms with Crippen LogP contribution in [0.4, 0.5) is 26.3 Å². The topological polar surface area (TPSA) is 62.1 Å². The highest BCUT2D eigenvalue weighted by Crippen LogP contribution is 2.51. The van der Waals surface area contributed by atoms with Gasteiger partial charge in [-0.2, -0.15) is 26.3 Å². The van der Waals surface area contributed by atoms with E-state index in [0.29, 0.717) is 11.6 Å². The zero-order chi connectivity index (χ0) is 27.0. The first-order valence-electron chi connectivity index (χ1n) is 11.2. The minimum atomic E-state index is -5.16. The van der Waals surface area contributed by atoms with E-state index >= 15 is 0 Å². The molecule has 2 aliphatic heterocycles. The number of amides is 1. The van der Waals surface area contributed by atoms with Gasteiger partial charge in [0.2, 0.25) is 5.91 Å². The van der Waals surface area contributed by atoms with Gasteiger partial charge in [0, 0.05) is 17.9 Å². The Morgan fingerprint density at radius 1 is 1.03 bits per heavy atom. The van der Waals surface area contributed by atoms with Gasteiger partial charge in [-0.25, -0.2) is 0 Å². The molecule has 37 heavy (non-hydrogen) atoms. The number of hydrogen-bond acceptors (Lipinski definition) is 4. The van der Waals surface area contributed by atoms with Crippen LogP contribution in [0.3, 0.4) is 0 Å². The number of aliphatic hydroxyl groups is 1. The van der Waals surface area contributed by atoms with Gasteiger partial charge in [0.1, 0.15) is 5.60 Å². The van der Waals surface area contributed by atoms with E-state index in [1.165, 1.54) is 24.3 Å². The van der Waals surface area contributed by atoms with Crippen molar-refractivity contribution < 1.29 is 41.1 Å². The van der Waals surface area contributed by atoms with Crippen molar-refractivity contribution in [1.82, 2.24) is 4.90 Å².